The van der Waals surface area contributed by atoms with Gasteiger partial charge in [-0.1, -0.05) is 19.9 Å². The summed E-state index contributed by atoms with van der Waals surface area (Å²) >= 11 is 0. The van der Waals surface area contributed by atoms with Gasteiger partial charge in [-0.2, -0.15) is 0 Å². The highest BCUT2D eigenvalue weighted by atomic mass is 19.1. The maximum Gasteiger partial charge on any atom is 0.113 e. The molecule has 4 rings (SSSR count). The zero-order valence-corrected chi connectivity index (χ0v) is 13.1. The fourth-order valence-corrected chi connectivity index (χ4v) is 3.78. The number of nitrogens with one attached hydrogen (secondary N) is 1. The first kappa shape index (κ1) is 14.2. The van der Waals surface area contributed by atoms with Gasteiger partial charge in [-0.25, -0.2) is 9.37 Å². The van der Waals surface area contributed by atoms with Gasteiger partial charge in [0.2, 0.25) is 0 Å². The topological polar surface area (TPSA) is 41.2 Å². The first-order chi connectivity index (χ1) is 10.6. The molecule has 0 amide bonds. The van der Waals surface area contributed by atoms with E-state index >= 15 is 0 Å². The number of halogens is 1. The van der Waals surface area contributed by atoms with Gasteiger partial charge in [-0.15, -0.1) is 0 Å². The molecule has 1 aromatic heterocycles. The van der Waals surface area contributed by atoms with E-state index in [1.54, 1.807) is 12.4 Å². The van der Waals surface area contributed by atoms with Crippen LogP contribution in [0.25, 0.3) is 0 Å². The molecule has 3 aliphatic rings. The molecule has 2 aliphatic heterocycles. The Morgan fingerprint density at radius 2 is 2.27 bits per heavy atom. The lowest BCUT2D eigenvalue weighted by Crippen LogP contribution is -2.62. The molecule has 4 nitrogen and oxygen atoms in total. The van der Waals surface area contributed by atoms with Gasteiger partial charge < -0.3 is 9.72 Å². The first-order valence-corrected chi connectivity index (χ1v) is 8.03. The second-order valence-electron chi connectivity index (χ2n) is 6.84. The van der Waals surface area contributed by atoms with Crippen molar-refractivity contribution >= 4 is 0 Å². The molecule has 5 heteroatoms. The van der Waals surface area contributed by atoms with E-state index in [2.05, 4.69) is 27.9 Å². The highest BCUT2D eigenvalue weighted by molar-refractivity contribution is 5.33. The Bertz CT molecular complexity index is 644. The van der Waals surface area contributed by atoms with E-state index in [4.69, 9.17) is 4.74 Å². The predicted molar refractivity (Wildman–Crippen MR) is 82.0 cm³/mol. The van der Waals surface area contributed by atoms with E-state index in [0.717, 1.165) is 30.8 Å². The fraction of sp³-hybridized carbons (Fsp3) is 0.588. The Hall–Kier alpha value is -1.46. The molecule has 0 radical (unpaired) electrons. The molecule has 1 aliphatic carbocycles. The van der Waals surface area contributed by atoms with E-state index in [9.17, 15) is 4.39 Å². The van der Waals surface area contributed by atoms with Gasteiger partial charge in [0.05, 0.1) is 25.2 Å². The highest BCUT2D eigenvalue weighted by Gasteiger charge is 2.50. The number of rotatable bonds is 2. The van der Waals surface area contributed by atoms with Crippen LogP contribution in [0.4, 0.5) is 4.39 Å². The van der Waals surface area contributed by atoms with Crippen molar-refractivity contribution in [3.63, 3.8) is 0 Å². The molecule has 2 unspecified atom stereocenters. The number of nitrogens with zero attached hydrogens (tertiary/aromatic N) is 2. The summed E-state index contributed by atoms with van der Waals surface area (Å²) in [6.45, 7) is 7.10. The van der Waals surface area contributed by atoms with Crippen LogP contribution in [-0.4, -0.2) is 41.2 Å². The fourth-order valence-electron chi connectivity index (χ4n) is 3.78. The van der Waals surface area contributed by atoms with E-state index in [0.29, 0.717) is 13.2 Å². The van der Waals surface area contributed by atoms with Gasteiger partial charge >= 0.3 is 0 Å². The smallest absolute Gasteiger partial charge is 0.113 e. The Morgan fingerprint density at radius 1 is 1.45 bits per heavy atom. The Kier molecular flexibility index (Phi) is 3.24. The molecule has 1 fully saturated rings. The van der Waals surface area contributed by atoms with Crippen LogP contribution in [0, 0.1) is 11.8 Å². The first-order valence-electron chi connectivity index (χ1n) is 8.03. The monoisotopic (exact) mass is 303 g/mol. The van der Waals surface area contributed by atoms with Crippen molar-refractivity contribution in [1.29, 1.82) is 0 Å². The summed E-state index contributed by atoms with van der Waals surface area (Å²) < 4.78 is 19.6. The van der Waals surface area contributed by atoms with E-state index in [-0.39, 0.29) is 23.2 Å². The lowest BCUT2D eigenvalue weighted by molar-refractivity contribution is -0.150. The third-order valence-electron chi connectivity index (χ3n) is 5.48. The van der Waals surface area contributed by atoms with Crippen LogP contribution in [0.15, 0.2) is 29.9 Å². The number of ether oxygens (including phenoxy) is 1. The predicted octanol–water partition coefficient (Wildman–Crippen LogP) is 2.56. The number of aromatic amines is 1. The van der Waals surface area contributed by atoms with E-state index in [1.807, 2.05) is 6.92 Å². The summed E-state index contributed by atoms with van der Waals surface area (Å²) in [5.41, 5.74) is 3.30. The molecule has 3 heterocycles. The van der Waals surface area contributed by atoms with Crippen molar-refractivity contribution in [3.8, 4) is 0 Å². The van der Waals surface area contributed by atoms with Crippen LogP contribution in [0.5, 0.6) is 0 Å². The maximum absolute atomic E-state index is 14.1. The summed E-state index contributed by atoms with van der Waals surface area (Å²) in [6, 6.07) is 0. The highest BCUT2D eigenvalue weighted by Crippen LogP contribution is 2.41. The molecule has 2 atom stereocenters. The lowest BCUT2D eigenvalue weighted by Gasteiger charge is -2.51. The second kappa shape index (κ2) is 5.03. The zero-order valence-electron chi connectivity index (χ0n) is 13.1. The number of allylic oxidation sites excluding steroid dienone is 2. The molecule has 22 heavy (non-hydrogen) atoms. The molecular formula is C17H22FN3O. The van der Waals surface area contributed by atoms with Crippen molar-refractivity contribution in [3.05, 3.63) is 41.3 Å². The van der Waals surface area contributed by atoms with Gasteiger partial charge in [0.25, 0.3) is 0 Å². The van der Waals surface area contributed by atoms with E-state index < -0.39 is 0 Å². The standard InChI is InChI=1S/C17H22FN3O/c1-11-5-13(6-14(18)12(11)2)7-21-4-3-15-16(20-10-19-15)17(21)8-22-9-17/h5-6,10-12H,3-4,7-9H2,1-2H3,(H,19,20). The molecule has 1 spiro atoms. The van der Waals surface area contributed by atoms with Crippen LogP contribution >= 0.6 is 0 Å². The number of imidazole rings is 1. The van der Waals surface area contributed by atoms with Crippen molar-refractivity contribution in [2.45, 2.75) is 25.8 Å². The molecule has 1 saturated heterocycles. The number of hydrogen-bond acceptors (Lipinski definition) is 3. The Morgan fingerprint density at radius 3 is 2.95 bits per heavy atom. The zero-order chi connectivity index (χ0) is 15.3. The largest absolute Gasteiger partial charge is 0.377 e. The third-order valence-corrected chi connectivity index (χ3v) is 5.48. The van der Waals surface area contributed by atoms with Crippen molar-refractivity contribution in [1.82, 2.24) is 14.9 Å². The molecular weight excluding hydrogens is 281 g/mol. The minimum Gasteiger partial charge on any atom is -0.377 e. The molecule has 0 saturated carbocycles. The molecule has 118 valence electrons. The Balaban J connectivity index is 1.61. The summed E-state index contributed by atoms with van der Waals surface area (Å²) in [5, 5.41) is 0. The van der Waals surface area contributed by atoms with Gasteiger partial charge in [-0.3, -0.25) is 4.90 Å². The van der Waals surface area contributed by atoms with Gasteiger partial charge in [0.1, 0.15) is 11.4 Å². The summed E-state index contributed by atoms with van der Waals surface area (Å²) in [6.07, 6.45) is 6.67. The van der Waals surface area contributed by atoms with Gasteiger partial charge in [0, 0.05) is 31.1 Å². The van der Waals surface area contributed by atoms with Crippen LogP contribution in [0.3, 0.4) is 0 Å². The number of hydrogen-bond donors (Lipinski definition) is 1. The molecule has 0 aromatic carbocycles. The molecule has 1 N–H and O–H groups in total. The van der Waals surface area contributed by atoms with Gasteiger partial charge in [-0.05, 0) is 17.6 Å². The molecule has 0 bridgehead atoms. The number of aromatic nitrogens is 2. The Labute approximate surface area is 130 Å². The minimum atomic E-state index is -0.120. The second-order valence-corrected chi connectivity index (χ2v) is 6.84. The van der Waals surface area contributed by atoms with Crippen molar-refractivity contribution < 1.29 is 9.13 Å². The van der Waals surface area contributed by atoms with Crippen LogP contribution in [0.2, 0.25) is 0 Å². The van der Waals surface area contributed by atoms with Crippen molar-refractivity contribution in [2.24, 2.45) is 11.8 Å². The summed E-state index contributed by atoms with van der Waals surface area (Å²) in [7, 11) is 0. The van der Waals surface area contributed by atoms with Gasteiger partial charge in [0.15, 0.2) is 0 Å². The summed E-state index contributed by atoms with van der Waals surface area (Å²) in [4.78, 5) is 10.2. The third kappa shape index (κ3) is 1.99. The normalized spacial score (nSPS) is 30.5. The maximum atomic E-state index is 14.1. The van der Waals surface area contributed by atoms with Crippen LogP contribution in [0.1, 0.15) is 25.2 Å². The summed E-state index contributed by atoms with van der Waals surface area (Å²) in [5.74, 6) is 0.241. The average Bonchev–Trinajstić information content (AvgIpc) is 2.91. The SMILES string of the molecule is CC1C=C(CN2CCc3[nH]cnc3C23COC3)C=C(F)C1C. The average molecular weight is 303 g/mol. The van der Waals surface area contributed by atoms with Crippen molar-refractivity contribution in [2.75, 3.05) is 26.3 Å². The quantitative estimate of drug-likeness (QED) is 0.913. The van der Waals surface area contributed by atoms with Crippen LogP contribution < -0.4 is 0 Å². The van der Waals surface area contributed by atoms with Crippen LogP contribution in [-0.2, 0) is 16.7 Å². The lowest BCUT2D eigenvalue weighted by atomic mass is 9.83. The molecule has 1 aromatic rings. The van der Waals surface area contributed by atoms with E-state index in [1.165, 1.54) is 5.69 Å². The number of H-pyrrole nitrogens is 1. The minimum absolute atomic E-state index is 0.00128. The number of fused-ring (bicyclic) bond motifs is 2.